The van der Waals surface area contributed by atoms with Crippen molar-refractivity contribution in [3.63, 3.8) is 0 Å². The summed E-state index contributed by atoms with van der Waals surface area (Å²) in [5.74, 6) is 0. The number of carboxylic acid groups (broad SMARTS) is 1. The minimum atomic E-state index is -1.24. The van der Waals surface area contributed by atoms with Crippen LogP contribution in [0.1, 0.15) is 18.1 Å². The van der Waals surface area contributed by atoms with Gasteiger partial charge in [-0.25, -0.2) is 4.79 Å². The zero-order chi connectivity index (χ0) is 20.0. The van der Waals surface area contributed by atoms with Crippen LogP contribution >= 0.6 is 0 Å². The summed E-state index contributed by atoms with van der Waals surface area (Å²) in [4.78, 5) is 31.8. The monoisotopic (exact) mass is 372 g/mol. The summed E-state index contributed by atoms with van der Waals surface area (Å²) < 4.78 is 0. The molecule has 10 heteroatoms. The molecular weight excluding hydrogens is 356 g/mol. The van der Waals surface area contributed by atoms with E-state index in [0.29, 0.717) is 16.8 Å². The van der Waals surface area contributed by atoms with Gasteiger partial charge >= 0.3 is 6.09 Å². The van der Waals surface area contributed by atoms with Crippen LogP contribution in [0.25, 0.3) is 0 Å². The molecule has 0 atom stereocenters. The molecule has 0 bridgehead atoms. The summed E-state index contributed by atoms with van der Waals surface area (Å²) in [6.45, 7) is 1.74. The fraction of sp³-hybridized carbons (Fsp3) is 0.176. The Morgan fingerprint density at radius 3 is 1.89 bits per heavy atom. The maximum atomic E-state index is 11.3. The molecule has 0 aliphatic carbocycles. The van der Waals surface area contributed by atoms with Gasteiger partial charge in [-0.15, -0.1) is 0 Å². The van der Waals surface area contributed by atoms with Crippen LogP contribution in [0.15, 0.2) is 53.6 Å². The van der Waals surface area contributed by atoms with Gasteiger partial charge in [-0.05, 0) is 30.2 Å². The molecule has 0 heterocycles. The lowest BCUT2D eigenvalue weighted by Crippen LogP contribution is -2.26. The van der Waals surface area contributed by atoms with Gasteiger partial charge in [-0.1, -0.05) is 12.1 Å². The van der Waals surface area contributed by atoms with Crippen LogP contribution in [0.2, 0.25) is 0 Å². The van der Waals surface area contributed by atoms with Gasteiger partial charge in [0.2, 0.25) is 0 Å². The number of nitrogens with zero attached hydrogens (tertiary/aromatic N) is 4. The van der Waals surface area contributed by atoms with E-state index in [1.165, 1.54) is 36.4 Å². The number of carbonyl (C=O) groups is 1. The third-order valence-electron chi connectivity index (χ3n) is 3.69. The van der Waals surface area contributed by atoms with Crippen LogP contribution in [0.5, 0.6) is 0 Å². The Labute approximate surface area is 153 Å². The summed E-state index contributed by atoms with van der Waals surface area (Å²) in [6, 6.07) is 11.4. The van der Waals surface area contributed by atoms with Gasteiger partial charge < -0.3 is 5.11 Å². The Morgan fingerprint density at radius 1 is 1.00 bits per heavy atom. The van der Waals surface area contributed by atoms with Crippen molar-refractivity contribution in [3.05, 3.63) is 79.9 Å². The first-order chi connectivity index (χ1) is 12.8. The van der Waals surface area contributed by atoms with Gasteiger partial charge in [0.1, 0.15) is 0 Å². The number of hydrazone groups is 1. The van der Waals surface area contributed by atoms with E-state index >= 15 is 0 Å². The highest BCUT2D eigenvalue weighted by Crippen LogP contribution is 2.17. The molecule has 2 aromatic rings. The molecule has 0 aliphatic rings. The largest absolute Gasteiger partial charge is 0.464 e. The Hall–Kier alpha value is -3.82. The molecule has 0 aliphatic heterocycles. The molecule has 27 heavy (non-hydrogen) atoms. The molecule has 10 nitrogen and oxygen atoms in total. The fourth-order valence-corrected chi connectivity index (χ4v) is 2.29. The van der Waals surface area contributed by atoms with E-state index in [2.05, 4.69) is 5.10 Å². The highest BCUT2D eigenvalue weighted by molar-refractivity contribution is 6.02. The summed E-state index contributed by atoms with van der Waals surface area (Å²) in [6.07, 6.45) is -1.04. The quantitative estimate of drug-likeness (QED) is 0.448. The number of non-ortho nitro benzene ring substituents is 2. The number of hydrogen-bond donors (Lipinski definition) is 1. The van der Waals surface area contributed by atoms with Crippen LogP contribution in [-0.2, 0) is 6.42 Å². The van der Waals surface area contributed by atoms with Crippen molar-refractivity contribution >= 4 is 23.2 Å². The van der Waals surface area contributed by atoms with Gasteiger partial charge in [-0.3, -0.25) is 20.2 Å². The van der Waals surface area contributed by atoms with Crippen molar-refractivity contribution in [1.82, 2.24) is 5.01 Å². The maximum Gasteiger partial charge on any atom is 0.427 e. The topological polar surface area (TPSA) is 139 Å². The molecule has 0 fully saturated rings. The third kappa shape index (κ3) is 5.08. The van der Waals surface area contributed by atoms with E-state index in [-0.39, 0.29) is 24.3 Å². The highest BCUT2D eigenvalue weighted by atomic mass is 16.6. The lowest BCUT2D eigenvalue weighted by Gasteiger charge is -2.14. The Kier molecular flexibility index (Phi) is 6.15. The van der Waals surface area contributed by atoms with Crippen molar-refractivity contribution in [3.8, 4) is 0 Å². The van der Waals surface area contributed by atoms with Gasteiger partial charge in [-0.2, -0.15) is 10.1 Å². The van der Waals surface area contributed by atoms with Crippen LogP contribution in [-0.4, -0.2) is 38.3 Å². The molecule has 0 radical (unpaired) electrons. The smallest absolute Gasteiger partial charge is 0.427 e. The predicted molar refractivity (Wildman–Crippen MR) is 96.8 cm³/mol. The molecular formula is C17H16N4O6. The first-order valence-electron chi connectivity index (χ1n) is 7.88. The van der Waals surface area contributed by atoms with E-state index < -0.39 is 15.9 Å². The van der Waals surface area contributed by atoms with E-state index in [9.17, 15) is 30.1 Å². The first-order valence-corrected chi connectivity index (χ1v) is 7.88. The van der Waals surface area contributed by atoms with Crippen molar-refractivity contribution in [2.24, 2.45) is 5.10 Å². The third-order valence-corrected chi connectivity index (χ3v) is 3.69. The van der Waals surface area contributed by atoms with Gasteiger partial charge in [0.25, 0.3) is 11.4 Å². The number of nitro benzene ring substituents is 2. The van der Waals surface area contributed by atoms with Crippen molar-refractivity contribution in [2.45, 2.75) is 13.3 Å². The molecule has 1 N–H and O–H groups in total. The van der Waals surface area contributed by atoms with Crippen LogP contribution < -0.4 is 0 Å². The Bertz CT molecular complexity index is 877. The number of benzene rings is 2. The molecule has 0 unspecified atom stereocenters. The van der Waals surface area contributed by atoms with Gasteiger partial charge in [0.15, 0.2) is 0 Å². The Morgan fingerprint density at radius 2 is 1.48 bits per heavy atom. The van der Waals surface area contributed by atoms with E-state index in [0.717, 1.165) is 5.01 Å². The lowest BCUT2D eigenvalue weighted by molar-refractivity contribution is -0.385. The van der Waals surface area contributed by atoms with Crippen molar-refractivity contribution in [1.29, 1.82) is 0 Å². The van der Waals surface area contributed by atoms with Gasteiger partial charge in [0, 0.05) is 37.2 Å². The molecule has 0 saturated heterocycles. The minimum Gasteiger partial charge on any atom is -0.464 e. The second-order valence-electron chi connectivity index (χ2n) is 5.45. The molecule has 0 aromatic heterocycles. The van der Waals surface area contributed by atoms with E-state index in [4.69, 9.17) is 0 Å². The first kappa shape index (κ1) is 19.5. The normalized spacial score (nSPS) is 11.1. The average Bonchev–Trinajstić information content (AvgIpc) is 2.65. The average molecular weight is 372 g/mol. The molecule has 2 rings (SSSR count). The van der Waals surface area contributed by atoms with Crippen LogP contribution in [0.3, 0.4) is 0 Å². The molecule has 1 amide bonds. The highest BCUT2D eigenvalue weighted by Gasteiger charge is 2.14. The lowest BCUT2D eigenvalue weighted by atomic mass is 10.0. The predicted octanol–water partition coefficient (Wildman–Crippen LogP) is 3.45. The number of rotatable bonds is 7. The second-order valence-corrected chi connectivity index (χ2v) is 5.45. The molecule has 140 valence electrons. The number of nitro groups is 2. The SMILES string of the molecule is CCN(N=C(Cc1ccc([N+](=O)[O-])cc1)c1ccc([N+](=O)[O-])cc1)C(=O)O. The van der Waals surface area contributed by atoms with Crippen molar-refractivity contribution < 1.29 is 19.7 Å². The second kappa shape index (κ2) is 8.52. The zero-order valence-electron chi connectivity index (χ0n) is 14.3. The van der Waals surface area contributed by atoms with Crippen LogP contribution in [0.4, 0.5) is 16.2 Å². The number of amides is 1. The number of hydrogen-bond acceptors (Lipinski definition) is 6. The van der Waals surface area contributed by atoms with Crippen molar-refractivity contribution in [2.75, 3.05) is 6.54 Å². The van der Waals surface area contributed by atoms with E-state index in [1.807, 2.05) is 0 Å². The summed E-state index contributed by atoms with van der Waals surface area (Å²) in [5, 5.41) is 35.8. The summed E-state index contributed by atoms with van der Waals surface area (Å²) >= 11 is 0. The Balaban J connectivity index is 2.39. The van der Waals surface area contributed by atoms with Gasteiger partial charge in [0.05, 0.1) is 15.6 Å². The van der Waals surface area contributed by atoms with E-state index in [1.54, 1.807) is 19.1 Å². The fourth-order valence-electron chi connectivity index (χ4n) is 2.29. The van der Waals surface area contributed by atoms with Crippen LogP contribution in [0, 0.1) is 20.2 Å². The minimum absolute atomic E-state index is 0.0618. The summed E-state index contributed by atoms with van der Waals surface area (Å²) in [7, 11) is 0. The molecule has 0 spiro atoms. The summed E-state index contributed by atoms with van der Waals surface area (Å²) in [5.41, 5.74) is 1.40. The zero-order valence-corrected chi connectivity index (χ0v) is 14.3. The molecule has 0 saturated carbocycles. The molecule has 2 aromatic carbocycles. The standard InChI is InChI=1S/C17H16N4O6/c1-2-19(17(22)23)18-16(13-5-9-15(10-6-13)21(26)27)11-12-3-7-14(8-4-12)20(24)25/h3-10H,2,11H2,1H3,(H,22,23). The maximum absolute atomic E-state index is 11.3.